The molecule has 0 atom stereocenters. The summed E-state index contributed by atoms with van der Waals surface area (Å²) in [4.78, 5) is 28.7. The molecule has 0 radical (unpaired) electrons. The molecule has 0 bridgehead atoms. The SMILES string of the molecule is Clc1nc(-c2ccccc2)nc(-n2c3ccccc3c3ccccc32)n1.OB(O)c1ccc2c(c1)c1ccccc1n2-c1ccccc1.c1ccc(-c2nc(-c3ccc4c(c3)c3ccccc3n4-c3ccccc3)nc(-n3c4ccccc4c4ccccc43)n2)cc1. The third kappa shape index (κ3) is 9.95. The van der Waals surface area contributed by atoms with Gasteiger partial charge in [0.15, 0.2) is 17.5 Å². The molecule has 6 aromatic heterocycles. The van der Waals surface area contributed by atoms with E-state index in [2.05, 4.69) is 194 Å². The van der Waals surface area contributed by atoms with E-state index >= 15 is 0 Å². The van der Waals surface area contributed by atoms with Crippen molar-refractivity contribution in [2.24, 2.45) is 0 Å². The Hall–Kier alpha value is -11.9. The van der Waals surface area contributed by atoms with Gasteiger partial charge in [0, 0.05) is 71.2 Å². The summed E-state index contributed by atoms with van der Waals surface area (Å²) in [7, 11) is -1.46. The van der Waals surface area contributed by atoms with Crippen LogP contribution in [0, 0.1) is 0 Å². The highest BCUT2D eigenvalue weighted by molar-refractivity contribution is 6.59. The molecule has 2 N–H and O–H groups in total. The molecule has 0 unspecified atom stereocenters. The molecule has 436 valence electrons. The van der Waals surface area contributed by atoms with Crippen LogP contribution < -0.4 is 5.46 Å². The van der Waals surface area contributed by atoms with Crippen molar-refractivity contribution in [2.45, 2.75) is 0 Å². The molecule has 0 aliphatic rings. The van der Waals surface area contributed by atoms with Crippen LogP contribution in [0.25, 0.3) is 145 Å². The van der Waals surface area contributed by atoms with Gasteiger partial charge in [-0.1, -0.05) is 218 Å². The second-order valence-corrected chi connectivity index (χ2v) is 22.6. The zero-order chi connectivity index (χ0) is 61.7. The summed E-state index contributed by atoms with van der Waals surface area (Å²) in [6.07, 6.45) is 0. The van der Waals surface area contributed by atoms with Crippen LogP contribution in [0.4, 0.5) is 0 Å². The van der Waals surface area contributed by atoms with E-state index in [1.54, 1.807) is 6.07 Å². The molecule has 0 saturated heterocycles. The third-order valence-corrected chi connectivity index (χ3v) is 17.0. The number of halogens is 1. The zero-order valence-corrected chi connectivity index (χ0v) is 49.9. The van der Waals surface area contributed by atoms with Crippen LogP contribution in [-0.2, 0) is 0 Å². The van der Waals surface area contributed by atoms with E-state index in [0.29, 0.717) is 34.8 Å². The van der Waals surface area contributed by atoms with Crippen LogP contribution in [-0.4, -0.2) is 65.3 Å². The highest BCUT2D eigenvalue weighted by atomic mass is 35.5. The lowest BCUT2D eigenvalue weighted by Crippen LogP contribution is -2.29. The summed E-state index contributed by atoms with van der Waals surface area (Å²) < 4.78 is 8.70. The molecule has 0 aliphatic heterocycles. The molecular formula is C78H52BClN10O2. The molecule has 92 heavy (non-hydrogen) atoms. The third-order valence-electron chi connectivity index (χ3n) is 16.8. The Labute approximate surface area is 532 Å². The lowest BCUT2D eigenvalue weighted by molar-refractivity contribution is 0.426. The monoisotopic (exact) mass is 1210 g/mol. The van der Waals surface area contributed by atoms with Crippen molar-refractivity contribution in [2.75, 3.05) is 0 Å². The Kier molecular flexibility index (Phi) is 14.2. The van der Waals surface area contributed by atoms with Gasteiger partial charge in [0.25, 0.3) is 0 Å². The summed E-state index contributed by atoms with van der Waals surface area (Å²) in [5.74, 6) is 2.94. The number of para-hydroxylation sites is 8. The van der Waals surface area contributed by atoms with Crippen molar-refractivity contribution in [1.82, 2.24) is 48.2 Å². The molecule has 0 spiro atoms. The Morgan fingerprint density at radius 2 is 0.554 bits per heavy atom. The van der Waals surface area contributed by atoms with E-state index < -0.39 is 7.12 Å². The molecule has 0 aliphatic carbocycles. The van der Waals surface area contributed by atoms with Gasteiger partial charge in [-0.25, -0.2) is 4.98 Å². The normalized spacial score (nSPS) is 11.4. The van der Waals surface area contributed by atoms with Crippen molar-refractivity contribution in [3.63, 3.8) is 0 Å². The maximum Gasteiger partial charge on any atom is 0.488 e. The molecule has 0 fully saturated rings. The first-order valence-corrected chi connectivity index (χ1v) is 30.6. The van der Waals surface area contributed by atoms with Crippen LogP contribution in [0.1, 0.15) is 0 Å². The second kappa shape index (κ2) is 23.6. The Bertz CT molecular complexity index is 5670. The molecule has 0 amide bonds. The molecule has 6 heterocycles. The molecule has 12 aromatic carbocycles. The fourth-order valence-electron chi connectivity index (χ4n) is 12.7. The van der Waals surface area contributed by atoms with Crippen LogP contribution in [0.5, 0.6) is 0 Å². The van der Waals surface area contributed by atoms with Gasteiger partial charge in [0.2, 0.25) is 17.2 Å². The van der Waals surface area contributed by atoms with Crippen LogP contribution in [0.3, 0.4) is 0 Å². The smallest absolute Gasteiger partial charge is 0.423 e. The quantitative estimate of drug-likeness (QED) is 0.144. The number of hydrogen-bond donors (Lipinski definition) is 2. The fourth-order valence-corrected chi connectivity index (χ4v) is 12.9. The summed E-state index contributed by atoms with van der Waals surface area (Å²) in [6, 6.07) is 103. The summed E-state index contributed by atoms with van der Waals surface area (Å²) >= 11 is 6.24. The van der Waals surface area contributed by atoms with E-state index in [0.717, 1.165) is 99.1 Å². The van der Waals surface area contributed by atoms with Gasteiger partial charge < -0.3 is 19.2 Å². The van der Waals surface area contributed by atoms with E-state index in [1.807, 2.05) is 132 Å². The summed E-state index contributed by atoms with van der Waals surface area (Å²) in [6.45, 7) is 0. The Balaban J connectivity index is 0.000000119. The Morgan fingerprint density at radius 1 is 0.250 bits per heavy atom. The van der Waals surface area contributed by atoms with Crippen molar-refractivity contribution >= 4 is 111 Å². The molecule has 0 saturated carbocycles. The van der Waals surface area contributed by atoms with E-state index in [-0.39, 0.29) is 5.28 Å². The zero-order valence-electron chi connectivity index (χ0n) is 49.2. The van der Waals surface area contributed by atoms with Gasteiger partial charge >= 0.3 is 7.12 Å². The van der Waals surface area contributed by atoms with Crippen LogP contribution in [0.15, 0.2) is 303 Å². The lowest BCUT2D eigenvalue weighted by atomic mass is 9.80. The highest BCUT2D eigenvalue weighted by Gasteiger charge is 2.22. The maximum atomic E-state index is 9.43. The average Bonchev–Trinajstić information content (AvgIpc) is 1.63. The summed E-state index contributed by atoms with van der Waals surface area (Å²) in [5, 5.41) is 28.1. The van der Waals surface area contributed by atoms with Gasteiger partial charge in [-0.15, -0.1) is 0 Å². The number of rotatable bonds is 8. The lowest BCUT2D eigenvalue weighted by Gasteiger charge is -2.11. The first-order valence-electron chi connectivity index (χ1n) is 30.2. The van der Waals surface area contributed by atoms with Gasteiger partial charge in [0.05, 0.1) is 44.1 Å². The number of nitrogens with zero attached hydrogens (tertiary/aromatic N) is 10. The largest absolute Gasteiger partial charge is 0.488 e. The molecule has 18 rings (SSSR count). The van der Waals surface area contributed by atoms with E-state index in [9.17, 15) is 10.0 Å². The van der Waals surface area contributed by atoms with Crippen molar-refractivity contribution in [1.29, 1.82) is 0 Å². The topological polar surface area (TPSA) is 138 Å². The number of hydrogen-bond acceptors (Lipinski definition) is 8. The van der Waals surface area contributed by atoms with Gasteiger partial charge in [-0.3, -0.25) is 9.13 Å². The maximum absolute atomic E-state index is 9.43. The minimum Gasteiger partial charge on any atom is -0.423 e. The van der Waals surface area contributed by atoms with Gasteiger partial charge in [-0.2, -0.15) is 24.9 Å². The predicted octanol–water partition coefficient (Wildman–Crippen LogP) is 17.2. The predicted molar refractivity (Wildman–Crippen MR) is 375 cm³/mol. The molecule has 12 nitrogen and oxygen atoms in total. The van der Waals surface area contributed by atoms with Crippen LogP contribution >= 0.6 is 11.6 Å². The van der Waals surface area contributed by atoms with E-state index in [4.69, 9.17) is 31.5 Å². The fraction of sp³-hybridized carbons (Fsp3) is 0. The average molecular weight is 1210 g/mol. The Morgan fingerprint density at radius 3 is 0.967 bits per heavy atom. The minimum absolute atomic E-state index is 0.177. The number of fused-ring (bicyclic) bond motifs is 12. The molecule has 14 heteroatoms. The molecule has 18 aromatic rings. The van der Waals surface area contributed by atoms with Crippen molar-refractivity contribution < 1.29 is 10.0 Å². The minimum atomic E-state index is -1.46. The second-order valence-electron chi connectivity index (χ2n) is 22.2. The first-order chi connectivity index (χ1) is 45.4. The van der Waals surface area contributed by atoms with Crippen molar-refractivity contribution in [3.05, 3.63) is 309 Å². The highest BCUT2D eigenvalue weighted by Crippen LogP contribution is 2.38. The molecular weight excluding hydrogens is 1160 g/mol. The van der Waals surface area contributed by atoms with E-state index in [1.165, 1.54) is 16.2 Å². The summed E-state index contributed by atoms with van der Waals surface area (Å²) in [5.41, 5.74) is 14.2. The first kappa shape index (κ1) is 55.4. The van der Waals surface area contributed by atoms with Crippen molar-refractivity contribution in [3.8, 4) is 57.4 Å². The standard InChI is InChI=1S/C39H25N5.C21H13ClN4.C18H14BNO2/c1-3-13-26(14-4-1)37-40-38(42-39(41-37)44-34-21-11-7-17-29(34)30-18-8-12-22-35(30)44)27-23-24-36-32(25-27)31-19-9-10-20-33(31)43(36)28-15-5-2-6-16-28;22-20-23-19(14-8-2-1-3-9-14)24-21(25-20)26-17-12-6-4-10-15(17)16-11-5-7-13-18(16)26;21-19(22)13-10-11-18-16(12-13)15-8-4-5-9-17(15)20(18)14-6-2-1-3-7-14/h1-25H;1-13H;1-12,21-22H. The van der Waals surface area contributed by atoms with Gasteiger partial charge in [-0.05, 0) is 102 Å². The number of benzene rings is 12. The van der Waals surface area contributed by atoms with Gasteiger partial charge in [0.1, 0.15) is 0 Å². The number of aromatic nitrogens is 10. The van der Waals surface area contributed by atoms with Crippen LogP contribution in [0.2, 0.25) is 5.28 Å².